The Labute approximate surface area is 203 Å². The third-order valence-corrected chi connectivity index (χ3v) is 5.00. The van der Waals surface area contributed by atoms with E-state index in [2.05, 4.69) is 30.3 Å². The number of aliphatic imine (C=N–C) groups is 1. The summed E-state index contributed by atoms with van der Waals surface area (Å²) in [5.41, 5.74) is 1.60. The minimum Gasteiger partial charge on any atom is -0.367 e. The highest BCUT2D eigenvalue weighted by Gasteiger charge is 2.28. The number of halogens is 2. The lowest BCUT2D eigenvalue weighted by molar-refractivity contribution is -0.0604. The van der Waals surface area contributed by atoms with Crippen LogP contribution in [0.25, 0.3) is 11.6 Å². The van der Waals surface area contributed by atoms with E-state index in [1.165, 1.54) is 12.1 Å². The van der Waals surface area contributed by atoms with E-state index < -0.39 is 0 Å². The summed E-state index contributed by atoms with van der Waals surface area (Å²) >= 11 is 0. The summed E-state index contributed by atoms with van der Waals surface area (Å²) in [6.07, 6.45) is 2.13. The van der Waals surface area contributed by atoms with Crippen molar-refractivity contribution in [2.45, 2.75) is 25.6 Å². The van der Waals surface area contributed by atoms with Crippen LogP contribution in [0.4, 0.5) is 4.39 Å². The molecular weight excluding hydrogens is 526 g/mol. The first-order chi connectivity index (χ1) is 15.1. The Morgan fingerprint density at radius 3 is 2.75 bits per heavy atom. The van der Waals surface area contributed by atoms with Gasteiger partial charge in [0, 0.05) is 32.8 Å². The van der Waals surface area contributed by atoms with Gasteiger partial charge in [0.2, 0.25) is 0 Å². The fourth-order valence-corrected chi connectivity index (χ4v) is 3.55. The number of pyridine rings is 1. The van der Waals surface area contributed by atoms with Crippen molar-refractivity contribution in [2.24, 2.45) is 4.99 Å². The topological polar surface area (TPSA) is 88.7 Å². The van der Waals surface area contributed by atoms with Crippen LogP contribution in [-0.2, 0) is 11.2 Å². The molecule has 0 spiro atoms. The molecule has 1 aliphatic rings. The molecule has 1 N–H and O–H groups in total. The van der Waals surface area contributed by atoms with Gasteiger partial charge in [-0.1, -0.05) is 23.4 Å². The molecule has 10 heteroatoms. The molecule has 2 aromatic heterocycles. The normalized spacial score (nSPS) is 18.8. The molecule has 0 radical (unpaired) electrons. The van der Waals surface area contributed by atoms with Crippen LogP contribution in [0.3, 0.4) is 0 Å². The van der Waals surface area contributed by atoms with Crippen molar-refractivity contribution in [3.8, 4) is 11.6 Å². The van der Waals surface area contributed by atoms with Gasteiger partial charge in [-0.15, -0.1) is 24.0 Å². The lowest BCUT2D eigenvalue weighted by atomic mass is 10.1. The molecule has 1 aromatic carbocycles. The second-order valence-corrected chi connectivity index (χ2v) is 7.35. The number of morpholine rings is 1. The molecule has 32 heavy (non-hydrogen) atoms. The summed E-state index contributed by atoms with van der Waals surface area (Å²) < 4.78 is 24.6. The molecule has 4 rings (SSSR count). The van der Waals surface area contributed by atoms with E-state index in [1.54, 1.807) is 25.4 Å². The van der Waals surface area contributed by atoms with E-state index in [1.807, 2.05) is 25.1 Å². The number of ether oxygens (including phenoxy) is 1. The molecule has 0 amide bonds. The number of nitrogens with zero attached hydrogens (tertiary/aromatic N) is 5. The van der Waals surface area contributed by atoms with Gasteiger partial charge in [-0.3, -0.25) is 9.98 Å². The fraction of sp³-hybridized carbons (Fsp3) is 0.364. The van der Waals surface area contributed by atoms with E-state index in [4.69, 9.17) is 9.26 Å². The number of rotatable bonds is 5. The largest absolute Gasteiger partial charge is 0.367 e. The third-order valence-electron chi connectivity index (χ3n) is 5.00. The molecule has 2 unspecified atom stereocenters. The Hall–Kier alpha value is -2.60. The first-order valence-corrected chi connectivity index (χ1v) is 10.2. The Morgan fingerprint density at radius 1 is 1.22 bits per heavy atom. The van der Waals surface area contributed by atoms with Gasteiger partial charge in [0.25, 0.3) is 5.89 Å². The highest BCUT2D eigenvalue weighted by Crippen LogP contribution is 2.25. The number of guanidine groups is 1. The van der Waals surface area contributed by atoms with Gasteiger partial charge in [0.1, 0.15) is 17.6 Å². The van der Waals surface area contributed by atoms with Crippen LogP contribution in [0.2, 0.25) is 0 Å². The lowest BCUT2D eigenvalue weighted by Crippen LogP contribution is -2.51. The third kappa shape index (κ3) is 6.00. The van der Waals surface area contributed by atoms with Gasteiger partial charge in [-0.2, -0.15) is 4.98 Å². The standard InChI is InChI=1S/C22H25FN6O2.HI/c1-15-13-29(14-19(30-15)16-6-8-17(23)9-7-16)22(24-2)26-12-10-20-27-21(31-28-20)18-5-3-4-11-25-18;/h3-9,11,15,19H,10,12-14H2,1-2H3,(H,24,26);1H. The first-order valence-electron chi connectivity index (χ1n) is 10.2. The zero-order valence-electron chi connectivity index (χ0n) is 17.9. The second-order valence-electron chi connectivity index (χ2n) is 7.35. The first kappa shape index (κ1) is 24.1. The molecule has 8 nitrogen and oxygen atoms in total. The van der Waals surface area contributed by atoms with E-state index >= 15 is 0 Å². The van der Waals surface area contributed by atoms with E-state index in [9.17, 15) is 4.39 Å². The predicted molar refractivity (Wildman–Crippen MR) is 129 cm³/mol. The average molecular weight is 552 g/mol. The molecule has 0 aliphatic carbocycles. The quantitative estimate of drug-likeness (QED) is 0.295. The minimum absolute atomic E-state index is 0. The number of nitrogens with one attached hydrogen (secondary N) is 1. The maximum Gasteiger partial charge on any atom is 0.276 e. The van der Waals surface area contributed by atoms with Crippen molar-refractivity contribution in [1.29, 1.82) is 0 Å². The van der Waals surface area contributed by atoms with Crippen LogP contribution in [0.1, 0.15) is 24.4 Å². The van der Waals surface area contributed by atoms with Crippen LogP contribution >= 0.6 is 24.0 Å². The summed E-state index contributed by atoms with van der Waals surface area (Å²) in [5.74, 6) is 1.53. The summed E-state index contributed by atoms with van der Waals surface area (Å²) in [7, 11) is 1.75. The monoisotopic (exact) mass is 552 g/mol. The number of hydrogen-bond donors (Lipinski definition) is 1. The van der Waals surface area contributed by atoms with Gasteiger partial charge in [0.15, 0.2) is 11.8 Å². The van der Waals surface area contributed by atoms with Crippen LogP contribution in [0, 0.1) is 5.82 Å². The van der Waals surface area contributed by atoms with Crippen molar-refractivity contribution in [1.82, 2.24) is 25.3 Å². The summed E-state index contributed by atoms with van der Waals surface area (Å²) in [4.78, 5) is 15.2. The summed E-state index contributed by atoms with van der Waals surface area (Å²) in [5, 5.41) is 7.39. The van der Waals surface area contributed by atoms with Crippen molar-refractivity contribution in [3.63, 3.8) is 0 Å². The SMILES string of the molecule is CN=C(NCCc1noc(-c2ccccn2)n1)N1CC(C)OC(c2ccc(F)cc2)C1.I. The highest BCUT2D eigenvalue weighted by molar-refractivity contribution is 14.0. The van der Waals surface area contributed by atoms with Gasteiger partial charge < -0.3 is 19.5 Å². The molecule has 1 saturated heterocycles. The van der Waals surface area contributed by atoms with E-state index in [-0.39, 0.29) is 42.0 Å². The van der Waals surface area contributed by atoms with Crippen molar-refractivity contribution in [2.75, 3.05) is 26.7 Å². The Morgan fingerprint density at radius 2 is 2.03 bits per heavy atom. The minimum atomic E-state index is -0.255. The Bertz CT molecular complexity index is 1010. The second kappa shape index (κ2) is 11.3. The predicted octanol–water partition coefficient (Wildman–Crippen LogP) is 3.47. The van der Waals surface area contributed by atoms with Gasteiger partial charge in [-0.25, -0.2) is 4.39 Å². The molecule has 0 saturated carbocycles. The number of aromatic nitrogens is 3. The maximum atomic E-state index is 13.3. The molecule has 3 heterocycles. The zero-order valence-corrected chi connectivity index (χ0v) is 20.3. The van der Waals surface area contributed by atoms with Crippen molar-refractivity contribution >= 4 is 29.9 Å². The summed E-state index contributed by atoms with van der Waals surface area (Å²) in [6.45, 7) is 3.96. The number of hydrogen-bond acceptors (Lipinski definition) is 6. The lowest BCUT2D eigenvalue weighted by Gasteiger charge is -2.38. The zero-order chi connectivity index (χ0) is 21.6. The highest BCUT2D eigenvalue weighted by atomic mass is 127. The van der Waals surface area contributed by atoms with Crippen LogP contribution in [0.15, 0.2) is 58.2 Å². The average Bonchev–Trinajstić information content (AvgIpc) is 3.26. The Kier molecular flexibility index (Phi) is 8.51. The molecule has 0 bridgehead atoms. The van der Waals surface area contributed by atoms with Crippen molar-refractivity contribution in [3.05, 3.63) is 65.9 Å². The fourth-order valence-electron chi connectivity index (χ4n) is 3.55. The number of benzene rings is 1. The van der Waals surface area contributed by atoms with Gasteiger partial charge >= 0.3 is 0 Å². The van der Waals surface area contributed by atoms with Crippen LogP contribution in [0.5, 0.6) is 0 Å². The van der Waals surface area contributed by atoms with Gasteiger partial charge in [0.05, 0.1) is 12.6 Å². The van der Waals surface area contributed by atoms with Gasteiger partial charge in [-0.05, 0) is 36.8 Å². The maximum absolute atomic E-state index is 13.3. The molecule has 2 atom stereocenters. The summed E-state index contributed by atoms with van der Waals surface area (Å²) in [6, 6.07) is 12.0. The van der Waals surface area contributed by atoms with Crippen LogP contribution in [-0.4, -0.2) is 58.8 Å². The van der Waals surface area contributed by atoms with E-state index in [0.29, 0.717) is 43.5 Å². The molecule has 1 aliphatic heterocycles. The van der Waals surface area contributed by atoms with Crippen LogP contribution < -0.4 is 5.32 Å². The smallest absolute Gasteiger partial charge is 0.276 e. The molecule has 1 fully saturated rings. The Balaban J connectivity index is 0.00000289. The molecule has 170 valence electrons. The molecule has 3 aromatic rings. The van der Waals surface area contributed by atoms with E-state index in [0.717, 1.165) is 11.5 Å². The van der Waals surface area contributed by atoms with Crippen molar-refractivity contribution < 1.29 is 13.7 Å². The molecular formula is C22H26FIN6O2.